The van der Waals surface area contributed by atoms with Crippen LogP contribution in [0, 0.1) is 0 Å². The summed E-state index contributed by atoms with van der Waals surface area (Å²) in [5.41, 5.74) is -1.07. The lowest BCUT2D eigenvalue weighted by molar-refractivity contribution is 0.0680. The number of carboxylic acids is 3. The predicted octanol–water partition coefficient (Wildman–Crippen LogP) is 2.01. The highest BCUT2D eigenvalue weighted by atomic mass is 16.4. The van der Waals surface area contributed by atoms with Crippen LogP contribution in [-0.4, -0.2) is 39.0 Å². The molecule has 2 aromatic rings. The van der Waals surface area contributed by atoms with Gasteiger partial charge in [0.15, 0.2) is 5.78 Å². The van der Waals surface area contributed by atoms with Crippen molar-refractivity contribution in [3.8, 4) is 0 Å². The van der Waals surface area contributed by atoms with E-state index in [4.69, 9.17) is 10.2 Å². The van der Waals surface area contributed by atoms with Crippen LogP contribution in [0.15, 0.2) is 42.5 Å². The summed E-state index contributed by atoms with van der Waals surface area (Å²) in [6.07, 6.45) is 0. The Morgan fingerprint density at radius 1 is 0.609 bits per heavy atom. The molecule has 0 fully saturated rings. The molecule has 0 aromatic heterocycles. The summed E-state index contributed by atoms with van der Waals surface area (Å²) in [5, 5.41) is 27.0. The van der Waals surface area contributed by atoms with E-state index in [2.05, 4.69) is 0 Å². The second-order valence-corrected chi connectivity index (χ2v) is 4.59. The van der Waals surface area contributed by atoms with Crippen LogP contribution >= 0.6 is 0 Å². The van der Waals surface area contributed by atoms with E-state index in [1.165, 1.54) is 18.2 Å². The van der Waals surface area contributed by atoms with Crippen LogP contribution in [-0.2, 0) is 0 Å². The van der Waals surface area contributed by atoms with Crippen molar-refractivity contribution in [3.63, 3.8) is 0 Å². The van der Waals surface area contributed by atoms with Crippen molar-refractivity contribution in [1.29, 1.82) is 0 Å². The molecule has 0 spiro atoms. The number of rotatable bonds is 5. The molecule has 116 valence electrons. The number of carbonyl (C=O) groups excluding carboxylic acids is 1. The predicted molar refractivity (Wildman–Crippen MR) is 77.2 cm³/mol. The third-order valence-corrected chi connectivity index (χ3v) is 3.11. The summed E-state index contributed by atoms with van der Waals surface area (Å²) < 4.78 is 0. The second-order valence-electron chi connectivity index (χ2n) is 4.59. The first-order valence-corrected chi connectivity index (χ1v) is 6.30. The van der Waals surface area contributed by atoms with E-state index < -0.39 is 29.3 Å². The number of hydrogen-bond donors (Lipinski definition) is 3. The molecule has 7 heteroatoms. The lowest BCUT2D eigenvalue weighted by atomic mass is 9.95. The maximum atomic E-state index is 12.4. The standard InChI is InChI=1S/C16H10O7/c17-13(8-2-1-3-9(6-8)14(18)19)11-5-4-10(15(20)21)7-12(11)16(22)23/h1-7H,(H,18,19)(H,20,21)(H,22,23). The van der Waals surface area contributed by atoms with Crippen LogP contribution in [0.5, 0.6) is 0 Å². The molecule has 0 heterocycles. The molecule has 0 aliphatic rings. The summed E-state index contributed by atoms with van der Waals surface area (Å²) >= 11 is 0. The van der Waals surface area contributed by atoms with E-state index in [0.29, 0.717) is 0 Å². The molecular weight excluding hydrogens is 304 g/mol. The van der Waals surface area contributed by atoms with Gasteiger partial charge in [0.05, 0.1) is 16.7 Å². The summed E-state index contributed by atoms with van der Waals surface area (Å²) in [6.45, 7) is 0. The van der Waals surface area contributed by atoms with E-state index >= 15 is 0 Å². The molecule has 0 radical (unpaired) electrons. The third kappa shape index (κ3) is 3.24. The van der Waals surface area contributed by atoms with Crippen LogP contribution in [0.2, 0.25) is 0 Å². The first-order chi connectivity index (χ1) is 10.8. The molecule has 0 aliphatic heterocycles. The summed E-state index contributed by atoms with van der Waals surface area (Å²) in [4.78, 5) is 45.5. The number of aromatic carboxylic acids is 3. The fourth-order valence-electron chi connectivity index (χ4n) is 2.00. The fourth-order valence-corrected chi connectivity index (χ4v) is 2.00. The van der Waals surface area contributed by atoms with E-state index in [9.17, 15) is 24.3 Å². The SMILES string of the molecule is O=C(O)c1cccc(C(=O)c2ccc(C(=O)O)cc2C(=O)O)c1. The quantitative estimate of drug-likeness (QED) is 0.720. The van der Waals surface area contributed by atoms with Gasteiger partial charge in [-0.15, -0.1) is 0 Å². The van der Waals surface area contributed by atoms with Gasteiger partial charge < -0.3 is 15.3 Å². The smallest absolute Gasteiger partial charge is 0.336 e. The summed E-state index contributed by atoms with van der Waals surface area (Å²) in [5.74, 6) is -4.70. The average Bonchev–Trinajstić information content (AvgIpc) is 2.53. The summed E-state index contributed by atoms with van der Waals surface area (Å²) in [7, 11) is 0. The van der Waals surface area contributed by atoms with Crippen molar-refractivity contribution in [2.75, 3.05) is 0 Å². The highest BCUT2D eigenvalue weighted by Gasteiger charge is 2.20. The minimum absolute atomic E-state index is 0.00419. The zero-order chi connectivity index (χ0) is 17.1. The Kier molecular flexibility index (Phi) is 4.22. The van der Waals surface area contributed by atoms with Crippen molar-refractivity contribution in [1.82, 2.24) is 0 Å². The normalized spacial score (nSPS) is 10.1. The second kappa shape index (κ2) is 6.10. The van der Waals surface area contributed by atoms with Gasteiger partial charge >= 0.3 is 17.9 Å². The van der Waals surface area contributed by atoms with E-state index in [-0.39, 0.29) is 22.3 Å². The fraction of sp³-hybridized carbons (Fsp3) is 0. The van der Waals surface area contributed by atoms with Crippen LogP contribution in [0.4, 0.5) is 0 Å². The molecule has 3 N–H and O–H groups in total. The first-order valence-electron chi connectivity index (χ1n) is 6.30. The molecule has 7 nitrogen and oxygen atoms in total. The Labute approximate surface area is 129 Å². The number of carbonyl (C=O) groups is 4. The Balaban J connectivity index is 2.55. The average molecular weight is 314 g/mol. The van der Waals surface area contributed by atoms with Gasteiger partial charge in [0.1, 0.15) is 0 Å². The van der Waals surface area contributed by atoms with Gasteiger partial charge in [-0.1, -0.05) is 12.1 Å². The van der Waals surface area contributed by atoms with Crippen LogP contribution in [0.25, 0.3) is 0 Å². The maximum Gasteiger partial charge on any atom is 0.336 e. The number of hydrogen-bond acceptors (Lipinski definition) is 4. The minimum Gasteiger partial charge on any atom is -0.478 e. The molecule has 2 rings (SSSR count). The van der Waals surface area contributed by atoms with Gasteiger partial charge in [0.2, 0.25) is 0 Å². The Morgan fingerprint density at radius 2 is 1.17 bits per heavy atom. The molecule has 0 saturated carbocycles. The van der Waals surface area contributed by atoms with Gasteiger partial charge in [-0.05, 0) is 30.3 Å². The van der Waals surface area contributed by atoms with Crippen molar-refractivity contribution >= 4 is 23.7 Å². The van der Waals surface area contributed by atoms with Gasteiger partial charge in [0.25, 0.3) is 0 Å². The number of benzene rings is 2. The summed E-state index contributed by atoms with van der Waals surface area (Å²) in [6, 6.07) is 8.24. The van der Waals surface area contributed by atoms with E-state index in [0.717, 1.165) is 24.3 Å². The lowest BCUT2D eigenvalue weighted by Gasteiger charge is -2.07. The number of ketones is 1. The molecule has 0 aliphatic carbocycles. The first kappa shape index (κ1) is 15.9. The van der Waals surface area contributed by atoms with Crippen molar-refractivity contribution in [2.45, 2.75) is 0 Å². The van der Waals surface area contributed by atoms with E-state index in [1.807, 2.05) is 0 Å². The lowest BCUT2D eigenvalue weighted by Crippen LogP contribution is -2.12. The van der Waals surface area contributed by atoms with E-state index in [1.54, 1.807) is 0 Å². The third-order valence-electron chi connectivity index (χ3n) is 3.11. The molecule has 0 unspecified atom stereocenters. The van der Waals surface area contributed by atoms with Crippen LogP contribution in [0.3, 0.4) is 0 Å². The topological polar surface area (TPSA) is 129 Å². The Hall–Kier alpha value is -3.48. The maximum absolute atomic E-state index is 12.4. The number of carboxylic acid groups (broad SMARTS) is 3. The zero-order valence-electron chi connectivity index (χ0n) is 11.5. The van der Waals surface area contributed by atoms with Gasteiger partial charge in [-0.3, -0.25) is 4.79 Å². The van der Waals surface area contributed by atoms with Crippen molar-refractivity contribution in [3.05, 3.63) is 70.3 Å². The van der Waals surface area contributed by atoms with Crippen LogP contribution < -0.4 is 0 Å². The monoisotopic (exact) mass is 314 g/mol. The Bertz CT molecular complexity index is 836. The van der Waals surface area contributed by atoms with Gasteiger partial charge in [0, 0.05) is 11.1 Å². The molecule has 0 saturated heterocycles. The zero-order valence-corrected chi connectivity index (χ0v) is 11.5. The molecule has 23 heavy (non-hydrogen) atoms. The Morgan fingerprint density at radius 3 is 1.74 bits per heavy atom. The highest BCUT2D eigenvalue weighted by Crippen LogP contribution is 2.18. The highest BCUT2D eigenvalue weighted by molar-refractivity contribution is 6.15. The van der Waals surface area contributed by atoms with Gasteiger partial charge in [-0.25, -0.2) is 14.4 Å². The van der Waals surface area contributed by atoms with Crippen molar-refractivity contribution < 1.29 is 34.5 Å². The molecule has 0 atom stereocenters. The molecule has 2 aromatic carbocycles. The van der Waals surface area contributed by atoms with Gasteiger partial charge in [-0.2, -0.15) is 0 Å². The van der Waals surface area contributed by atoms with Crippen LogP contribution in [0.1, 0.15) is 47.0 Å². The molecule has 0 amide bonds. The minimum atomic E-state index is -1.45. The van der Waals surface area contributed by atoms with Crippen molar-refractivity contribution in [2.24, 2.45) is 0 Å². The molecular formula is C16H10O7. The molecule has 0 bridgehead atoms. The largest absolute Gasteiger partial charge is 0.478 e.